The number of rotatable bonds is 6. The predicted octanol–water partition coefficient (Wildman–Crippen LogP) is 2.35. The lowest BCUT2D eigenvalue weighted by Gasteiger charge is -2.11. The molecule has 1 unspecified atom stereocenters. The van der Waals surface area contributed by atoms with E-state index in [1.807, 2.05) is 24.3 Å². The maximum atomic E-state index is 11.1. The van der Waals surface area contributed by atoms with Crippen molar-refractivity contribution in [3.8, 4) is 18.1 Å². The monoisotopic (exact) mass is 232 g/mol. The first-order valence-corrected chi connectivity index (χ1v) is 5.46. The van der Waals surface area contributed by atoms with Crippen LogP contribution in [-0.4, -0.2) is 18.2 Å². The molecule has 1 aromatic rings. The van der Waals surface area contributed by atoms with E-state index in [4.69, 9.17) is 16.3 Å². The third-order valence-corrected chi connectivity index (χ3v) is 2.60. The van der Waals surface area contributed by atoms with Crippen LogP contribution in [0.3, 0.4) is 0 Å². The highest BCUT2D eigenvalue weighted by Crippen LogP contribution is 2.18. The van der Waals surface area contributed by atoms with Crippen molar-refractivity contribution in [2.45, 2.75) is 19.3 Å². The smallest absolute Gasteiger partial charge is 0.306 e. The first-order valence-electron chi connectivity index (χ1n) is 5.46. The van der Waals surface area contributed by atoms with Crippen LogP contribution in [0.4, 0.5) is 0 Å². The number of carboxylic acid groups (broad SMARTS) is 1. The van der Waals surface area contributed by atoms with Crippen LogP contribution >= 0.6 is 0 Å². The standard InChI is InChI=1S/C14H16O3/c1-3-4-7-12(14(15)16)9-11-6-5-8-13(10-11)17-2/h1,5-6,8,10,12H,4,7,9H2,2H3,(H,15,16). The van der Waals surface area contributed by atoms with Crippen molar-refractivity contribution in [2.24, 2.45) is 5.92 Å². The quantitative estimate of drug-likeness (QED) is 0.766. The Morgan fingerprint density at radius 1 is 1.59 bits per heavy atom. The Bertz CT molecular complexity index is 418. The van der Waals surface area contributed by atoms with Gasteiger partial charge in [-0.3, -0.25) is 4.79 Å². The van der Waals surface area contributed by atoms with Crippen LogP contribution in [0.25, 0.3) is 0 Å². The van der Waals surface area contributed by atoms with Gasteiger partial charge in [-0.15, -0.1) is 12.3 Å². The van der Waals surface area contributed by atoms with Crippen molar-refractivity contribution in [1.29, 1.82) is 0 Å². The van der Waals surface area contributed by atoms with Crippen molar-refractivity contribution in [1.82, 2.24) is 0 Å². The van der Waals surface area contributed by atoms with Gasteiger partial charge in [-0.05, 0) is 30.5 Å². The molecule has 0 heterocycles. The number of aliphatic carboxylic acids is 1. The second-order valence-corrected chi connectivity index (χ2v) is 3.83. The van der Waals surface area contributed by atoms with Gasteiger partial charge in [0, 0.05) is 6.42 Å². The van der Waals surface area contributed by atoms with E-state index in [-0.39, 0.29) is 0 Å². The average Bonchev–Trinajstić information content (AvgIpc) is 2.34. The Kier molecular flexibility index (Phi) is 5.09. The predicted molar refractivity (Wildman–Crippen MR) is 65.9 cm³/mol. The highest BCUT2D eigenvalue weighted by molar-refractivity contribution is 5.70. The molecule has 90 valence electrons. The molecule has 1 aromatic carbocycles. The van der Waals surface area contributed by atoms with Crippen molar-refractivity contribution < 1.29 is 14.6 Å². The molecular formula is C14H16O3. The molecule has 0 spiro atoms. The van der Waals surface area contributed by atoms with Gasteiger partial charge in [-0.1, -0.05) is 12.1 Å². The fourth-order valence-electron chi connectivity index (χ4n) is 1.65. The molecule has 0 aliphatic carbocycles. The van der Waals surface area contributed by atoms with E-state index >= 15 is 0 Å². The summed E-state index contributed by atoms with van der Waals surface area (Å²) >= 11 is 0. The highest BCUT2D eigenvalue weighted by Gasteiger charge is 2.17. The molecule has 0 fully saturated rings. The first kappa shape index (κ1) is 13.1. The summed E-state index contributed by atoms with van der Waals surface area (Å²) in [5, 5.41) is 9.09. The number of hydrogen-bond donors (Lipinski definition) is 1. The lowest BCUT2D eigenvalue weighted by Crippen LogP contribution is -2.16. The van der Waals surface area contributed by atoms with Crippen molar-refractivity contribution in [2.75, 3.05) is 7.11 Å². The maximum Gasteiger partial charge on any atom is 0.306 e. The van der Waals surface area contributed by atoms with Crippen molar-refractivity contribution in [3.05, 3.63) is 29.8 Å². The van der Waals surface area contributed by atoms with Gasteiger partial charge in [0.1, 0.15) is 5.75 Å². The molecule has 0 radical (unpaired) electrons. The van der Waals surface area contributed by atoms with Gasteiger partial charge in [-0.25, -0.2) is 0 Å². The Hall–Kier alpha value is -1.95. The number of terminal acetylenes is 1. The van der Waals surface area contributed by atoms with Gasteiger partial charge >= 0.3 is 5.97 Å². The first-order chi connectivity index (χ1) is 8.17. The van der Waals surface area contributed by atoms with Crippen LogP contribution in [0.1, 0.15) is 18.4 Å². The fourth-order valence-corrected chi connectivity index (χ4v) is 1.65. The molecule has 0 saturated heterocycles. The van der Waals surface area contributed by atoms with Gasteiger partial charge in [0.25, 0.3) is 0 Å². The minimum absolute atomic E-state index is 0.432. The second-order valence-electron chi connectivity index (χ2n) is 3.83. The number of hydrogen-bond acceptors (Lipinski definition) is 2. The van der Waals surface area contributed by atoms with Crippen LogP contribution in [0.5, 0.6) is 5.75 Å². The highest BCUT2D eigenvalue weighted by atomic mass is 16.5. The van der Waals surface area contributed by atoms with E-state index in [2.05, 4.69) is 5.92 Å². The third-order valence-electron chi connectivity index (χ3n) is 2.60. The minimum atomic E-state index is -0.803. The normalized spacial score (nSPS) is 11.5. The summed E-state index contributed by atoms with van der Waals surface area (Å²) in [4.78, 5) is 11.1. The Morgan fingerprint density at radius 3 is 2.94 bits per heavy atom. The van der Waals surface area contributed by atoms with E-state index in [0.29, 0.717) is 19.3 Å². The van der Waals surface area contributed by atoms with Crippen LogP contribution in [0.15, 0.2) is 24.3 Å². The second kappa shape index (κ2) is 6.59. The molecule has 3 nitrogen and oxygen atoms in total. The molecule has 1 N–H and O–H groups in total. The van der Waals surface area contributed by atoms with Crippen LogP contribution in [0.2, 0.25) is 0 Å². The fraction of sp³-hybridized carbons (Fsp3) is 0.357. The number of methoxy groups -OCH3 is 1. The summed E-state index contributed by atoms with van der Waals surface area (Å²) in [6.07, 6.45) is 6.62. The van der Waals surface area contributed by atoms with Crippen LogP contribution in [-0.2, 0) is 11.2 Å². The van der Waals surface area contributed by atoms with E-state index < -0.39 is 11.9 Å². The van der Waals surface area contributed by atoms with E-state index in [1.54, 1.807) is 7.11 Å². The summed E-state index contributed by atoms with van der Waals surface area (Å²) in [6.45, 7) is 0. The Morgan fingerprint density at radius 2 is 2.35 bits per heavy atom. The van der Waals surface area contributed by atoms with Gasteiger partial charge in [-0.2, -0.15) is 0 Å². The molecular weight excluding hydrogens is 216 g/mol. The topological polar surface area (TPSA) is 46.5 Å². The van der Waals surface area contributed by atoms with E-state index in [9.17, 15) is 4.79 Å². The molecule has 17 heavy (non-hydrogen) atoms. The van der Waals surface area contributed by atoms with Gasteiger partial charge in [0.05, 0.1) is 13.0 Å². The lowest BCUT2D eigenvalue weighted by molar-refractivity contribution is -0.141. The molecule has 0 aliphatic rings. The van der Waals surface area contributed by atoms with E-state index in [1.165, 1.54) is 0 Å². The SMILES string of the molecule is C#CCCC(Cc1cccc(OC)c1)C(=O)O. The van der Waals surface area contributed by atoms with Crippen LogP contribution in [0, 0.1) is 18.3 Å². The zero-order valence-electron chi connectivity index (χ0n) is 9.85. The molecule has 0 aliphatic heterocycles. The molecule has 1 atom stereocenters. The number of carboxylic acids is 1. The minimum Gasteiger partial charge on any atom is -0.497 e. The number of ether oxygens (including phenoxy) is 1. The van der Waals surface area contributed by atoms with Crippen LogP contribution < -0.4 is 4.74 Å². The summed E-state index contributed by atoms with van der Waals surface area (Å²) in [5.74, 6) is 1.98. The molecule has 0 aromatic heterocycles. The van der Waals surface area contributed by atoms with Gasteiger partial charge < -0.3 is 9.84 Å². The number of carbonyl (C=O) groups is 1. The van der Waals surface area contributed by atoms with Gasteiger partial charge in [0.2, 0.25) is 0 Å². The Balaban J connectivity index is 2.71. The van der Waals surface area contributed by atoms with Crippen molar-refractivity contribution >= 4 is 5.97 Å². The average molecular weight is 232 g/mol. The van der Waals surface area contributed by atoms with Gasteiger partial charge in [0.15, 0.2) is 0 Å². The summed E-state index contributed by atoms with van der Waals surface area (Å²) in [6, 6.07) is 7.44. The summed E-state index contributed by atoms with van der Waals surface area (Å²) in [5.41, 5.74) is 0.953. The molecule has 0 amide bonds. The van der Waals surface area contributed by atoms with E-state index in [0.717, 1.165) is 11.3 Å². The van der Waals surface area contributed by atoms with Crippen molar-refractivity contribution in [3.63, 3.8) is 0 Å². The Labute approximate surface area is 101 Å². The summed E-state index contributed by atoms with van der Waals surface area (Å²) < 4.78 is 5.10. The largest absolute Gasteiger partial charge is 0.497 e. The molecule has 1 rings (SSSR count). The molecule has 0 saturated carbocycles. The molecule has 3 heteroatoms. The molecule has 0 bridgehead atoms. The number of benzene rings is 1. The zero-order valence-corrected chi connectivity index (χ0v) is 9.85. The lowest BCUT2D eigenvalue weighted by atomic mass is 9.95. The zero-order chi connectivity index (χ0) is 12.7. The summed E-state index contributed by atoms with van der Waals surface area (Å²) in [7, 11) is 1.59. The third kappa shape index (κ3) is 4.20. The maximum absolute atomic E-state index is 11.1.